The first-order chi connectivity index (χ1) is 11.9. The van der Waals surface area contributed by atoms with Crippen molar-refractivity contribution in [2.45, 2.75) is 19.9 Å². The zero-order chi connectivity index (χ0) is 17.7. The number of hydrogen-bond donors (Lipinski definition) is 0. The standard InChI is InChI=1S/C15H11BrClFN6S/c1-7-11(16)6-23(21-7)8(2)14-22-24-13(19-20-15(24)25-14)10-5-9(17)3-4-12(10)18/h3-6,8H,1-2H3/t8-/m1/s1. The first kappa shape index (κ1) is 16.6. The van der Waals surface area contributed by atoms with Crippen LogP contribution in [0, 0.1) is 12.7 Å². The molecule has 10 heteroatoms. The molecule has 0 radical (unpaired) electrons. The van der Waals surface area contributed by atoms with Crippen molar-refractivity contribution < 1.29 is 4.39 Å². The molecule has 4 rings (SSSR count). The van der Waals surface area contributed by atoms with Gasteiger partial charge in [0.1, 0.15) is 16.9 Å². The van der Waals surface area contributed by atoms with Gasteiger partial charge in [-0.05, 0) is 48.0 Å². The summed E-state index contributed by atoms with van der Waals surface area (Å²) in [5, 5.41) is 18.4. The molecule has 128 valence electrons. The SMILES string of the molecule is Cc1nn([C@H](C)c2nn3c(-c4cc(Cl)ccc4F)nnc3s2)cc1Br. The van der Waals surface area contributed by atoms with Gasteiger partial charge < -0.3 is 0 Å². The molecule has 25 heavy (non-hydrogen) atoms. The van der Waals surface area contributed by atoms with E-state index in [4.69, 9.17) is 11.6 Å². The lowest BCUT2D eigenvalue weighted by Crippen LogP contribution is -2.08. The average molecular weight is 442 g/mol. The zero-order valence-electron chi connectivity index (χ0n) is 13.1. The van der Waals surface area contributed by atoms with Gasteiger partial charge in [-0.1, -0.05) is 22.9 Å². The molecule has 3 heterocycles. The summed E-state index contributed by atoms with van der Waals surface area (Å²) in [4.78, 5) is 0.583. The topological polar surface area (TPSA) is 60.9 Å². The van der Waals surface area contributed by atoms with Crippen LogP contribution in [0.25, 0.3) is 16.3 Å². The first-order valence-corrected chi connectivity index (χ1v) is 9.31. The Morgan fingerprint density at radius 1 is 1.28 bits per heavy atom. The van der Waals surface area contributed by atoms with E-state index in [1.165, 1.54) is 34.1 Å². The Bertz CT molecular complexity index is 1070. The van der Waals surface area contributed by atoms with Gasteiger partial charge in [-0.3, -0.25) is 4.68 Å². The van der Waals surface area contributed by atoms with E-state index in [9.17, 15) is 4.39 Å². The molecule has 0 aliphatic heterocycles. The third-order valence-corrected chi connectivity index (χ3v) is 5.87. The van der Waals surface area contributed by atoms with E-state index in [1.807, 2.05) is 24.7 Å². The summed E-state index contributed by atoms with van der Waals surface area (Å²) in [6, 6.07) is 4.22. The lowest BCUT2D eigenvalue weighted by Gasteiger charge is -2.07. The fourth-order valence-electron chi connectivity index (χ4n) is 2.41. The molecule has 0 saturated carbocycles. The van der Waals surface area contributed by atoms with Gasteiger partial charge in [0.25, 0.3) is 0 Å². The number of fused-ring (bicyclic) bond motifs is 1. The summed E-state index contributed by atoms with van der Waals surface area (Å²) >= 11 is 10.8. The van der Waals surface area contributed by atoms with Crippen molar-refractivity contribution in [1.29, 1.82) is 0 Å². The summed E-state index contributed by atoms with van der Waals surface area (Å²) in [5.41, 5.74) is 1.17. The number of halogens is 3. The lowest BCUT2D eigenvalue weighted by molar-refractivity contribution is 0.551. The molecule has 0 unspecified atom stereocenters. The highest BCUT2D eigenvalue weighted by Gasteiger charge is 2.21. The number of aromatic nitrogens is 6. The van der Waals surface area contributed by atoms with E-state index in [0.717, 1.165) is 15.2 Å². The van der Waals surface area contributed by atoms with E-state index >= 15 is 0 Å². The fourth-order valence-corrected chi connectivity index (χ4v) is 3.75. The van der Waals surface area contributed by atoms with Crippen LogP contribution in [0.4, 0.5) is 4.39 Å². The van der Waals surface area contributed by atoms with Crippen molar-refractivity contribution in [1.82, 2.24) is 29.6 Å². The Labute approximate surface area is 159 Å². The van der Waals surface area contributed by atoms with Gasteiger partial charge >= 0.3 is 0 Å². The first-order valence-electron chi connectivity index (χ1n) is 7.33. The van der Waals surface area contributed by atoms with Gasteiger partial charge in [0.05, 0.1) is 15.7 Å². The molecule has 0 spiro atoms. The molecular weight excluding hydrogens is 431 g/mol. The highest BCUT2D eigenvalue weighted by molar-refractivity contribution is 9.10. The molecule has 4 aromatic rings. The van der Waals surface area contributed by atoms with Crippen molar-refractivity contribution in [3.05, 3.63) is 50.4 Å². The monoisotopic (exact) mass is 440 g/mol. The minimum atomic E-state index is -0.423. The Balaban J connectivity index is 1.79. The molecule has 0 fully saturated rings. The smallest absolute Gasteiger partial charge is 0.235 e. The molecule has 0 aliphatic rings. The number of hydrogen-bond acceptors (Lipinski definition) is 5. The molecule has 0 bridgehead atoms. The van der Waals surface area contributed by atoms with Gasteiger partial charge in [0.2, 0.25) is 4.96 Å². The molecule has 1 aromatic carbocycles. The molecular formula is C15H11BrClFN6S. The maximum absolute atomic E-state index is 14.2. The van der Waals surface area contributed by atoms with Gasteiger partial charge in [0.15, 0.2) is 5.82 Å². The van der Waals surface area contributed by atoms with E-state index < -0.39 is 5.82 Å². The normalized spacial score (nSPS) is 12.8. The van der Waals surface area contributed by atoms with Crippen molar-refractivity contribution in [2.24, 2.45) is 0 Å². The van der Waals surface area contributed by atoms with Crippen LogP contribution < -0.4 is 0 Å². The quantitative estimate of drug-likeness (QED) is 0.469. The molecule has 0 N–H and O–H groups in total. The summed E-state index contributed by atoms with van der Waals surface area (Å²) in [5.74, 6) is -0.101. The molecule has 3 aromatic heterocycles. The predicted octanol–water partition coefficient (Wildman–Crippen LogP) is 4.52. The summed E-state index contributed by atoms with van der Waals surface area (Å²) in [7, 11) is 0. The third-order valence-electron chi connectivity index (χ3n) is 3.79. The van der Waals surface area contributed by atoms with Crippen LogP contribution in [0.2, 0.25) is 5.02 Å². The summed E-state index contributed by atoms with van der Waals surface area (Å²) < 4.78 is 18.5. The second kappa shape index (κ2) is 6.15. The van der Waals surface area contributed by atoms with Crippen molar-refractivity contribution in [3.63, 3.8) is 0 Å². The Morgan fingerprint density at radius 3 is 2.80 bits per heavy atom. The highest BCUT2D eigenvalue weighted by atomic mass is 79.9. The van der Waals surface area contributed by atoms with E-state index in [2.05, 4.69) is 36.3 Å². The maximum Gasteiger partial charge on any atom is 0.235 e. The lowest BCUT2D eigenvalue weighted by atomic mass is 10.2. The number of rotatable bonds is 3. The Kier molecular flexibility index (Phi) is 4.09. The second-order valence-corrected chi connectivity index (χ2v) is 7.78. The highest BCUT2D eigenvalue weighted by Crippen LogP contribution is 2.29. The second-order valence-electron chi connectivity index (χ2n) is 5.50. The summed E-state index contributed by atoms with van der Waals surface area (Å²) in [6.45, 7) is 3.91. The predicted molar refractivity (Wildman–Crippen MR) is 97.5 cm³/mol. The minimum Gasteiger partial charge on any atom is -0.262 e. The fraction of sp³-hybridized carbons (Fsp3) is 0.200. The Morgan fingerprint density at radius 2 is 2.08 bits per heavy atom. The molecule has 0 amide bonds. The van der Waals surface area contributed by atoms with Gasteiger partial charge in [-0.25, -0.2) is 4.39 Å². The van der Waals surface area contributed by atoms with Crippen LogP contribution in [0.15, 0.2) is 28.9 Å². The average Bonchev–Trinajstić information content (AvgIpc) is 3.24. The largest absolute Gasteiger partial charge is 0.262 e. The van der Waals surface area contributed by atoms with Crippen LogP contribution in [-0.4, -0.2) is 29.6 Å². The van der Waals surface area contributed by atoms with E-state index in [-0.39, 0.29) is 11.6 Å². The Hall–Kier alpha value is -1.84. The minimum absolute atomic E-state index is 0.0891. The molecule has 1 atom stereocenters. The van der Waals surface area contributed by atoms with Gasteiger partial charge in [-0.15, -0.1) is 10.2 Å². The molecule has 0 aliphatic carbocycles. The molecule has 6 nitrogen and oxygen atoms in total. The zero-order valence-corrected chi connectivity index (χ0v) is 16.3. The van der Waals surface area contributed by atoms with Crippen molar-refractivity contribution in [2.75, 3.05) is 0 Å². The maximum atomic E-state index is 14.2. The van der Waals surface area contributed by atoms with Gasteiger partial charge in [-0.2, -0.15) is 14.7 Å². The van der Waals surface area contributed by atoms with E-state index in [1.54, 1.807) is 0 Å². The number of aryl methyl sites for hydroxylation is 1. The third kappa shape index (κ3) is 2.86. The van der Waals surface area contributed by atoms with Gasteiger partial charge in [0, 0.05) is 11.2 Å². The summed E-state index contributed by atoms with van der Waals surface area (Å²) in [6.07, 6.45) is 1.90. The number of nitrogens with zero attached hydrogens (tertiary/aromatic N) is 6. The number of benzene rings is 1. The van der Waals surface area contributed by atoms with Crippen LogP contribution in [0.5, 0.6) is 0 Å². The van der Waals surface area contributed by atoms with Crippen LogP contribution in [-0.2, 0) is 0 Å². The van der Waals surface area contributed by atoms with Crippen LogP contribution in [0.3, 0.4) is 0 Å². The van der Waals surface area contributed by atoms with Crippen LogP contribution >= 0.6 is 38.9 Å². The molecule has 0 saturated heterocycles. The van der Waals surface area contributed by atoms with Crippen LogP contribution in [0.1, 0.15) is 23.7 Å². The van der Waals surface area contributed by atoms with E-state index in [0.29, 0.717) is 15.8 Å². The van der Waals surface area contributed by atoms with Crippen molar-refractivity contribution >= 4 is 43.8 Å². The van der Waals surface area contributed by atoms with Crippen molar-refractivity contribution in [3.8, 4) is 11.4 Å².